The molecule has 0 bridgehead atoms. The third-order valence-electron chi connectivity index (χ3n) is 5.67. The first-order chi connectivity index (χ1) is 18.8. The van der Waals surface area contributed by atoms with Gasteiger partial charge in [-0.1, -0.05) is 43.2 Å². The summed E-state index contributed by atoms with van der Waals surface area (Å²) < 4.78 is 11.3. The number of aryl methyl sites for hydroxylation is 3. The number of nitrogens with zero attached hydrogens (tertiary/aromatic N) is 1. The van der Waals surface area contributed by atoms with E-state index in [0.29, 0.717) is 29.4 Å². The van der Waals surface area contributed by atoms with Crippen LogP contribution in [0, 0.1) is 20.8 Å². The molecule has 0 heterocycles. The van der Waals surface area contributed by atoms with E-state index < -0.39 is 11.8 Å². The molecule has 9 heteroatoms. The lowest BCUT2D eigenvalue weighted by molar-refractivity contribution is -0.136. The zero-order chi connectivity index (χ0) is 28.2. The fourth-order valence-electron chi connectivity index (χ4n) is 3.78. The molecule has 3 aromatic carbocycles. The highest BCUT2D eigenvalue weighted by atomic mass is 16.5. The summed E-state index contributed by atoms with van der Waals surface area (Å²) in [5.74, 6) is -1.02. The molecule has 0 radical (unpaired) electrons. The number of rotatable bonds is 11. The van der Waals surface area contributed by atoms with Gasteiger partial charge in [-0.25, -0.2) is 5.43 Å². The number of carbonyl (C=O) groups excluding carboxylic acids is 3. The minimum absolute atomic E-state index is 0.213. The lowest BCUT2D eigenvalue weighted by atomic mass is 10.1. The summed E-state index contributed by atoms with van der Waals surface area (Å²) in [7, 11) is 0. The Kier molecular flexibility index (Phi) is 10.6. The fourth-order valence-corrected chi connectivity index (χ4v) is 3.78. The average molecular weight is 531 g/mol. The second kappa shape index (κ2) is 14.3. The number of hydrogen-bond donors (Lipinski definition) is 3. The summed E-state index contributed by atoms with van der Waals surface area (Å²) in [6, 6.07) is 17.7. The SMILES string of the molecule is CCCCOc1ccc(NC(=O)C(=O)N/N=C\c2ccccc2OCC(=O)Nc2c(C)cc(C)cc2C)cc1. The van der Waals surface area contributed by atoms with Crippen molar-refractivity contribution in [3.05, 3.63) is 82.9 Å². The zero-order valence-corrected chi connectivity index (χ0v) is 22.7. The molecule has 3 aromatic rings. The van der Waals surface area contributed by atoms with Crippen LogP contribution >= 0.6 is 0 Å². The van der Waals surface area contributed by atoms with Crippen LogP contribution < -0.4 is 25.5 Å². The molecule has 0 aliphatic heterocycles. The van der Waals surface area contributed by atoms with Gasteiger partial charge in [0.25, 0.3) is 5.91 Å². The normalized spacial score (nSPS) is 10.7. The van der Waals surface area contributed by atoms with Gasteiger partial charge in [-0.3, -0.25) is 14.4 Å². The van der Waals surface area contributed by atoms with Gasteiger partial charge in [-0.2, -0.15) is 5.10 Å². The van der Waals surface area contributed by atoms with Crippen molar-refractivity contribution >= 4 is 35.3 Å². The van der Waals surface area contributed by atoms with E-state index in [-0.39, 0.29) is 12.5 Å². The van der Waals surface area contributed by atoms with Crippen molar-refractivity contribution in [1.82, 2.24) is 5.43 Å². The van der Waals surface area contributed by atoms with Crippen molar-refractivity contribution in [3.8, 4) is 11.5 Å². The summed E-state index contributed by atoms with van der Waals surface area (Å²) in [6.45, 7) is 8.38. The second-order valence-electron chi connectivity index (χ2n) is 9.03. The molecule has 0 aliphatic rings. The highest BCUT2D eigenvalue weighted by Gasteiger charge is 2.14. The highest BCUT2D eigenvalue weighted by Crippen LogP contribution is 2.22. The molecule has 204 valence electrons. The van der Waals surface area contributed by atoms with Gasteiger partial charge in [-0.15, -0.1) is 0 Å². The highest BCUT2D eigenvalue weighted by molar-refractivity contribution is 6.39. The van der Waals surface area contributed by atoms with Crippen LogP contribution in [0.15, 0.2) is 65.8 Å². The molecular weight excluding hydrogens is 496 g/mol. The molecule has 0 saturated heterocycles. The smallest absolute Gasteiger partial charge is 0.329 e. The van der Waals surface area contributed by atoms with E-state index in [1.54, 1.807) is 48.5 Å². The molecule has 3 N–H and O–H groups in total. The maximum Gasteiger partial charge on any atom is 0.329 e. The number of anilines is 2. The minimum Gasteiger partial charge on any atom is -0.494 e. The van der Waals surface area contributed by atoms with Gasteiger partial charge >= 0.3 is 11.8 Å². The monoisotopic (exact) mass is 530 g/mol. The van der Waals surface area contributed by atoms with Crippen LogP contribution in [0.3, 0.4) is 0 Å². The number of hydrogen-bond acceptors (Lipinski definition) is 6. The van der Waals surface area contributed by atoms with E-state index in [0.717, 1.165) is 35.2 Å². The van der Waals surface area contributed by atoms with Crippen molar-refractivity contribution in [1.29, 1.82) is 0 Å². The van der Waals surface area contributed by atoms with Gasteiger partial charge in [0.1, 0.15) is 11.5 Å². The summed E-state index contributed by atoms with van der Waals surface area (Å²) in [5, 5.41) is 9.27. The Labute approximate surface area is 228 Å². The summed E-state index contributed by atoms with van der Waals surface area (Å²) >= 11 is 0. The van der Waals surface area contributed by atoms with E-state index in [4.69, 9.17) is 9.47 Å². The number of hydrazone groups is 1. The second-order valence-corrected chi connectivity index (χ2v) is 9.03. The molecule has 0 fully saturated rings. The Morgan fingerprint density at radius 3 is 2.26 bits per heavy atom. The number of carbonyl (C=O) groups is 3. The number of ether oxygens (including phenoxy) is 2. The number of amides is 3. The Hall–Kier alpha value is -4.66. The molecule has 9 nitrogen and oxygen atoms in total. The van der Waals surface area contributed by atoms with Crippen LogP contribution in [0.2, 0.25) is 0 Å². The van der Waals surface area contributed by atoms with Crippen molar-refractivity contribution in [3.63, 3.8) is 0 Å². The summed E-state index contributed by atoms with van der Waals surface area (Å²) in [4.78, 5) is 36.9. The maximum absolute atomic E-state index is 12.5. The first-order valence-corrected chi connectivity index (χ1v) is 12.7. The molecule has 0 aliphatic carbocycles. The first-order valence-electron chi connectivity index (χ1n) is 12.7. The van der Waals surface area contributed by atoms with Gasteiger partial charge in [0.2, 0.25) is 0 Å². The third-order valence-corrected chi connectivity index (χ3v) is 5.67. The predicted molar refractivity (Wildman–Crippen MR) is 152 cm³/mol. The quantitative estimate of drug-likeness (QED) is 0.141. The summed E-state index contributed by atoms with van der Waals surface area (Å²) in [5.41, 5.74) is 7.01. The van der Waals surface area contributed by atoms with E-state index in [2.05, 4.69) is 28.1 Å². The molecule has 0 spiro atoms. The topological polar surface area (TPSA) is 118 Å². The summed E-state index contributed by atoms with van der Waals surface area (Å²) in [6.07, 6.45) is 3.34. The molecule has 0 saturated carbocycles. The average Bonchev–Trinajstić information content (AvgIpc) is 2.91. The number of para-hydroxylation sites is 1. The van der Waals surface area contributed by atoms with E-state index in [1.807, 2.05) is 32.9 Å². The van der Waals surface area contributed by atoms with Crippen molar-refractivity contribution in [2.75, 3.05) is 23.8 Å². The van der Waals surface area contributed by atoms with Crippen molar-refractivity contribution in [2.45, 2.75) is 40.5 Å². The van der Waals surface area contributed by atoms with Gasteiger partial charge in [0.05, 0.1) is 12.8 Å². The lowest BCUT2D eigenvalue weighted by Crippen LogP contribution is -2.32. The van der Waals surface area contributed by atoms with Crippen LogP contribution in [0.4, 0.5) is 11.4 Å². The predicted octanol–water partition coefficient (Wildman–Crippen LogP) is 4.90. The standard InChI is InChI=1S/C30H34N4O5/c1-5-6-15-38-25-13-11-24(12-14-25)32-29(36)30(37)34-31-18-23-9-7-8-10-26(23)39-19-27(35)33-28-21(3)16-20(2)17-22(28)4/h7-14,16-18H,5-6,15,19H2,1-4H3,(H,32,36)(H,33,35)(H,34,37)/b31-18-. The van der Waals surface area contributed by atoms with Gasteiger partial charge in [0, 0.05) is 16.9 Å². The minimum atomic E-state index is -0.934. The third kappa shape index (κ3) is 8.99. The van der Waals surface area contributed by atoms with Crippen LogP contribution in [-0.4, -0.2) is 37.1 Å². The van der Waals surface area contributed by atoms with Gasteiger partial charge in [0.15, 0.2) is 6.61 Å². The number of benzene rings is 3. The molecule has 39 heavy (non-hydrogen) atoms. The van der Waals surface area contributed by atoms with Crippen LogP contribution in [0.5, 0.6) is 11.5 Å². The van der Waals surface area contributed by atoms with E-state index in [9.17, 15) is 14.4 Å². The molecule has 0 atom stereocenters. The van der Waals surface area contributed by atoms with Crippen LogP contribution in [0.25, 0.3) is 0 Å². The zero-order valence-electron chi connectivity index (χ0n) is 22.7. The Bertz CT molecular complexity index is 1310. The Morgan fingerprint density at radius 2 is 1.56 bits per heavy atom. The fraction of sp³-hybridized carbons (Fsp3) is 0.267. The first kappa shape index (κ1) is 28.9. The Morgan fingerprint density at radius 1 is 0.872 bits per heavy atom. The maximum atomic E-state index is 12.5. The van der Waals surface area contributed by atoms with Crippen molar-refractivity contribution in [2.24, 2.45) is 5.10 Å². The van der Waals surface area contributed by atoms with E-state index in [1.165, 1.54) is 6.21 Å². The van der Waals surface area contributed by atoms with Crippen LogP contribution in [0.1, 0.15) is 42.0 Å². The molecule has 0 unspecified atom stereocenters. The largest absolute Gasteiger partial charge is 0.494 e. The Balaban J connectivity index is 1.51. The lowest BCUT2D eigenvalue weighted by Gasteiger charge is -2.14. The van der Waals surface area contributed by atoms with Gasteiger partial charge < -0.3 is 20.1 Å². The molecule has 3 amide bonds. The molecule has 0 aromatic heterocycles. The van der Waals surface area contributed by atoms with Crippen LogP contribution in [-0.2, 0) is 14.4 Å². The van der Waals surface area contributed by atoms with E-state index >= 15 is 0 Å². The van der Waals surface area contributed by atoms with Gasteiger partial charge in [-0.05, 0) is 74.7 Å². The molecule has 3 rings (SSSR count). The number of unbranched alkanes of at least 4 members (excludes halogenated alkanes) is 1. The number of nitrogens with one attached hydrogen (secondary N) is 3. The molecular formula is C30H34N4O5. The van der Waals surface area contributed by atoms with Crippen molar-refractivity contribution < 1.29 is 23.9 Å².